The molecule has 7 nitrogen and oxygen atoms in total. The highest BCUT2D eigenvalue weighted by molar-refractivity contribution is 5.74. The molecule has 7 heteroatoms. The molecule has 0 atom stereocenters. The van der Waals surface area contributed by atoms with Gasteiger partial charge in [0.05, 0.1) is 25.5 Å². The quantitative estimate of drug-likeness (QED) is 0.356. The number of nitroso groups, excluding NO2 is 1. The summed E-state index contributed by atoms with van der Waals surface area (Å²) in [5.41, 5.74) is 1.31. The summed E-state index contributed by atoms with van der Waals surface area (Å²) >= 11 is 0. The largest absolute Gasteiger partial charge is 0.497 e. The zero-order chi connectivity index (χ0) is 16.8. The first-order valence-electron chi connectivity index (χ1n) is 7.53. The van der Waals surface area contributed by atoms with Gasteiger partial charge in [-0.15, -0.1) is 4.91 Å². The van der Waals surface area contributed by atoms with Crippen LogP contribution in [0.15, 0.2) is 58.2 Å². The molecule has 3 rings (SSSR count). The number of nitrogens with zero attached hydrogens (tertiary/aromatic N) is 3. The van der Waals surface area contributed by atoms with Crippen LogP contribution in [0.4, 0.5) is 6.01 Å². The van der Waals surface area contributed by atoms with Gasteiger partial charge in [-0.1, -0.05) is 12.1 Å². The van der Waals surface area contributed by atoms with Crippen molar-refractivity contribution in [3.63, 3.8) is 0 Å². The number of hydrogen-bond donors (Lipinski definition) is 0. The van der Waals surface area contributed by atoms with E-state index in [1.807, 2.05) is 42.5 Å². The van der Waals surface area contributed by atoms with Crippen LogP contribution in [-0.4, -0.2) is 25.2 Å². The number of rotatable bonds is 8. The molecule has 0 saturated carbocycles. The van der Waals surface area contributed by atoms with Crippen LogP contribution in [0.1, 0.15) is 6.42 Å². The van der Waals surface area contributed by atoms with E-state index in [4.69, 9.17) is 13.9 Å². The van der Waals surface area contributed by atoms with Crippen molar-refractivity contribution < 1.29 is 13.9 Å². The normalized spacial score (nSPS) is 10.5. The van der Waals surface area contributed by atoms with Gasteiger partial charge in [-0.25, -0.2) is 0 Å². The van der Waals surface area contributed by atoms with Gasteiger partial charge in [-0.05, 0) is 36.4 Å². The molecule has 1 aromatic heterocycles. The highest BCUT2D eigenvalue weighted by atomic mass is 16.5. The molecule has 0 aliphatic heterocycles. The van der Waals surface area contributed by atoms with Crippen molar-refractivity contribution in [2.24, 2.45) is 5.29 Å². The molecule has 1 heterocycles. The summed E-state index contributed by atoms with van der Waals surface area (Å²) < 4.78 is 16.2. The Morgan fingerprint density at radius 1 is 1.12 bits per heavy atom. The topological polar surface area (TPSA) is 77.2 Å². The minimum atomic E-state index is 0.190. The molecule has 3 aromatic rings. The van der Waals surface area contributed by atoms with Crippen molar-refractivity contribution in [1.82, 2.24) is 4.98 Å². The van der Waals surface area contributed by atoms with Crippen molar-refractivity contribution in [3.05, 3.63) is 53.4 Å². The average Bonchev–Trinajstić information content (AvgIpc) is 3.06. The number of methoxy groups -OCH3 is 1. The maximum absolute atomic E-state index is 11.0. The van der Waals surface area contributed by atoms with Gasteiger partial charge >= 0.3 is 6.01 Å². The first-order valence-corrected chi connectivity index (χ1v) is 7.53. The molecule has 0 radical (unpaired) electrons. The molecule has 0 spiro atoms. The fourth-order valence-electron chi connectivity index (χ4n) is 2.22. The molecule has 2 aromatic carbocycles. The summed E-state index contributed by atoms with van der Waals surface area (Å²) in [6, 6.07) is 14.8. The summed E-state index contributed by atoms with van der Waals surface area (Å²) in [5, 5.41) is 4.17. The minimum absolute atomic E-state index is 0.190. The van der Waals surface area contributed by atoms with E-state index in [0.29, 0.717) is 30.7 Å². The van der Waals surface area contributed by atoms with E-state index in [2.05, 4.69) is 10.3 Å². The zero-order valence-electron chi connectivity index (χ0n) is 13.2. The van der Waals surface area contributed by atoms with E-state index < -0.39 is 0 Å². The van der Waals surface area contributed by atoms with Gasteiger partial charge in [0.2, 0.25) is 0 Å². The number of oxazole rings is 1. The maximum atomic E-state index is 11.0. The van der Waals surface area contributed by atoms with Gasteiger partial charge < -0.3 is 13.9 Å². The third-order valence-electron chi connectivity index (χ3n) is 3.44. The number of para-hydroxylation sites is 2. The zero-order valence-corrected chi connectivity index (χ0v) is 13.2. The Labute approximate surface area is 138 Å². The predicted octanol–water partition coefficient (Wildman–Crippen LogP) is 3.79. The monoisotopic (exact) mass is 327 g/mol. The van der Waals surface area contributed by atoms with Crippen molar-refractivity contribution in [1.29, 1.82) is 0 Å². The van der Waals surface area contributed by atoms with E-state index in [1.165, 1.54) is 5.01 Å². The highest BCUT2D eigenvalue weighted by Gasteiger charge is 2.14. The summed E-state index contributed by atoms with van der Waals surface area (Å²) in [6.07, 6.45) is 0.594. The van der Waals surface area contributed by atoms with Gasteiger partial charge in [-0.3, -0.25) is 0 Å². The number of anilines is 1. The van der Waals surface area contributed by atoms with Gasteiger partial charge in [0, 0.05) is 6.42 Å². The summed E-state index contributed by atoms with van der Waals surface area (Å²) in [5.74, 6) is 1.51. The molecular formula is C17H17N3O4. The van der Waals surface area contributed by atoms with E-state index >= 15 is 0 Å². The first kappa shape index (κ1) is 15.8. The van der Waals surface area contributed by atoms with Crippen LogP contribution in [0.5, 0.6) is 11.5 Å². The molecule has 0 aliphatic rings. The van der Waals surface area contributed by atoms with Crippen LogP contribution in [0, 0.1) is 4.91 Å². The Hall–Kier alpha value is -3.09. The SMILES string of the molecule is COc1ccc(OCCCN(N=O)c2nc3ccccc3o2)cc1. The van der Waals surface area contributed by atoms with Crippen molar-refractivity contribution in [2.45, 2.75) is 6.42 Å². The molecule has 0 fully saturated rings. The average molecular weight is 327 g/mol. The Morgan fingerprint density at radius 2 is 1.88 bits per heavy atom. The molecule has 0 bridgehead atoms. The number of hydrogen-bond acceptors (Lipinski definition) is 6. The van der Waals surface area contributed by atoms with E-state index in [0.717, 1.165) is 11.5 Å². The van der Waals surface area contributed by atoms with Crippen LogP contribution in [0.3, 0.4) is 0 Å². The van der Waals surface area contributed by atoms with Crippen LogP contribution in [0.2, 0.25) is 0 Å². The highest BCUT2D eigenvalue weighted by Crippen LogP contribution is 2.22. The Balaban J connectivity index is 1.53. The molecular weight excluding hydrogens is 310 g/mol. The second-order valence-electron chi connectivity index (χ2n) is 5.05. The van der Waals surface area contributed by atoms with Gasteiger partial charge in [-0.2, -0.15) is 9.99 Å². The fraction of sp³-hybridized carbons (Fsp3) is 0.235. The van der Waals surface area contributed by atoms with Crippen LogP contribution in [-0.2, 0) is 0 Å². The van der Waals surface area contributed by atoms with Crippen LogP contribution >= 0.6 is 0 Å². The third-order valence-corrected chi connectivity index (χ3v) is 3.44. The van der Waals surface area contributed by atoms with Gasteiger partial charge in [0.15, 0.2) is 5.58 Å². The molecule has 0 unspecified atom stereocenters. The number of aromatic nitrogens is 1. The van der Waals surface area contributed by atoms with Crippen molar-refractivity contribution >= 4 is 17.1 Å². The smallest absolute Gasteiger partial charge is 0.322 e. The van der Waals surface area contributed by atoms with Crippen molar-refractivity contribution in [2.75, 3.05) is 25.3 Å². The van der Waals surface area contributed by atoms with E-state index in [-0.39, 0.29) is 6.01 Å². The lowest BCUT2D eigenvalue weighted by atomic mass is 10.3. The van der Waals surface area contributed by atoms with Gasteiger partial charge in [0.25, 0.3) is 0 Å². The summed E-state index contributed by atoms with van der Waals surface area (Å²) in [6.45, 7) is 0.797. The Morgan fingerprint density at radius 3 is 2.58 bits per heavy atom. The lowest BCUT2D eigenvalue weighted by molar-refractivity contribution is 0.310. The van der Waals surface area contributed by atoms with Crippen LogP contribution < -0.4 is 14.5 Å². The number of benzene rings is 2. The summed E-state index contributed by atoms with van der Waals surface area (Å²) in [4.78, 5) is 15.3. The molecule has 124 valence electrons. The Kier molecular flexibility index (Phi) is 4.90. The lowest BCUT2D eigenvalue weighted by Crippen LogP contribution is -2.19. The Bertz CT molecular complexity index is 768. The van der Waals surface area contributed by atoms with E-state index in [1.54, 1.807) is 13.2 Å². The lowest BCUT2D eigenvalue weighted by Gasteiger charge is -2.11. The third kappa shape index (κ3) is 3.62. The molecule has 24 heavy (non-hydrogen) atoms. The number of fused-ring (bicyclic) bond motifs is 1. The van der Waals surface area contributed by atoms with E-state index in [9.17, 15) is 4.91 Å². The fourth-order valence-corrected chi connectivity index (χ4v) is 2.22. The minimum Gasteiger partial charge on any atom is -0.497 e. The predicted molar refractivity (Wildman–Crippen MR) is 90.3 cm³/mol. The second-order valence-corrected chi connectivity index (χ2v) is 5.05. The number of ether oxygens (including phenoxy) is 2. The molecule has 0 N–H and O–H groups in total. The summed E-state index contributed by atoms with van der Waals surface area (Å²) in [7, 11) is 1.61. The van der Waals surface area contributed by atoms with Crippen LogP contribution in [0.25, 0.3) is 11.1 Å². The molecule has 0 amide bonds. The first-order chi connectivity index (χ1) is 11.8. The molecule has 0 aliphatic carbocycles. The standard InChI is InChI=1S/C17H17N3O4/c1-22-13-7-9-14(10-8-13)23-12-4-11-20(19-21)17-18-15-5-2-3-6-16(15)24-17/h2-3,5-10H,4,11-12H2,1H3. The van der Waals surface area contributed by atoms with Gasteiger partial charge in [0.1, 0.15) is 17.0 Å². The maximum Gasteiger partial charge on any atom is 0.322 e. The molecule has 0 saturated heterocycles. The second kappa shape index (κ2) is 7.45. The van der Waals surface area contributed by atoms with Crippen molar-refractivity contribution in [3.8, 4) is 11.5 Å².